The molecule has 0 saturated carbocycles. The average molecular weight is 439 g/mol. The Balaban J connectivity index is 1.60. The summed E-state index contributed by atoms with van der Waals surface area (Å²) in [4.78, 5) is 37.8. The molecule has 7 heteroatoms. The number of carbonyl (C=O) groups is 3. The zero-order valence-corrected chi connectivity index (χ0v) is 18.9. The number of fused-ring (bicyclic) bond motifs is 3. The number of carboxylic acid groups (broad SMARTS) is 1. The molecule has 2 N–H and O–H groups in total. The fourth-order valence-electron chi connectivity index (χ4n) is 4.25. The number of hydrogen-bond donors (Lipinski definition) is 2. The van der Waals surface area contributed by atoms with Crippen LogP contribution in [0.3, 0.4) is 0 Å². The van der Waals surface area contributed by atoms with Crippen LogP contribution in [0.2, 0.25) is 0 Å². The minimum absolute atomic E-state index is 0.0307. The molecule has 32 heavy (non-hydrogen) atoms. The number of likely N-dealkylation sites (N-methyl/N-ethyl adjacent to an activating group) is 1. The lowest BCUT2D eigenvalue weighted by atomic mass is 9.91. The average Bonchev–Trinajstić information content (AvgIpc) is 3.09. The number of ether oxygens (including phenoxy) is 1. The van der Waals surface area contributed by atoms with Gasteiger partial charge in [0.2, 0.25) is 5.91 Å². The van der Waals surface area contributed by atoms with E-state index in [1.807, 2.05) is 36.4 Å². The number of aliphatic carboxylic acids is 1. The summed E-state index contributed by atoms with van der Waals surface area (Å²) in [6.45, 7) is 5.27. The van der Waals surface area contributed by atoms with Crippen LogP contribution in [-0.2, 0) is 14.3 Å². The maximum Gasteiger partial charge on any atom is 0.407 e. The lowest BCUT2D eigenvalue weighted by Crippen LogP contribution is -2.51. The van der Waals surface area contributed by atoms with Gasteiger partial charge in [-0.05, 0) is 42.5 Å². The smallest absolute Gasteiger partial charge is 0.407 e. The molecule has 0 saturated heterocycles. The Morgan fingerprint density at radius 2 is 1.59 bits per heavy atom. The zero-order chi connectivity index (χ0) is 23.5. The molecule has 2 aromatic carbocycles. The highest BCUT2D eigenvalue weighted by molar-refractivity contribution is 5.87. The molecule has 0 spiro atoms. The first-order valence-corrected chi connectivity index (χ1v) is 10.8. The Kier molecular flexibility index (Phi) is 6.87. The van der Waals surface area contributed by atoms with Crippen molar-refractivity contribution in [2.45, 2.75) is 39.2 Å². The van der Waals surface area contributed by atoms with Crippen LogP contribution >= 0.6 is 0 Å². The van der Waals surface area contributed by atoms with E-state index >= 15 is 0 Å². The second kappa shape index (κ2) is 9.42. The van der Waals surface area contributed by atoms with E-state index in [2.05, 4.69) is 17.4 Å². The molecule has 3 rings (SSSR count). The Labute approximate surface area is 188 Å². The predicted molar refractivity (Wildman–Crippen MR) is 121 cm³/mol. The number of nitrogens with one attached hydrogen (secondary N) is 1. The molecule has 2 amide bonds. The van der Waals surface area contributed by atoms with Crippen LogP contribution < -0.4 is 5.32 Å². The van der Waals surface area contributed by atoms with Crippen molar-refractivity contribution in [3.63, 3.8) is 0 Å². The maximum atomic E-state index is 12.8. The first-order valence-electron chi connectivity index (χ1n) is 10.8. The fourth-order valence-corrected chi connectivity index (χ4v) is 4.25. The van der Waals surface area contributed by atoms with E-state index in [9.17, 15) is 19.5 Å². The minimum Gasteiger partial charge on any atom is -0.480 e. The number of rotatable bonds is 8. The summed E-state index contributed by atoms with van der Waals surface area (Å²) in [6, 6.07) is 15.3. The normalized spacial score (nSPS) is 13.6. The standard InChI is InChI=1S/C25H30N2O5/c1-5-21(22(28)29)27(4)23(30)25(2,3)15-26-24(31)32-14-20-18-12-8-6-10-16(18)17-11-7-9-13-19(17)20/h6-13,20-21H,5,14-15H2,1-4H3,(H,26,31)(H,28,29). The van der Waals surface area contributed by atoms with Gasteiger partial charge in [0, 0.05) is 19.5 Å². The Hall–Kier alpha value is -3.35. The summed E-state index contributed by atoms with van der Waals surface area (Å²) in [5.74, 6) is -1.45. The molecule has 1 atom stereocenters. The topological polar surface area (TPSA) is 95.9 Å². The van der Waals surface area contributed by atoms with Gasteiger partial charge in [0.1, 0.15) is 12.6 Å². The van der Waals surface area contributed by atoms with Crippen molar-refractivity contribution in [1.82, 2.24) is 10.2 Å². The Morgan fingerprint density at radius 3 is 2.09 bits per heavy atom. The van der Waals surface area contributed by atoms with E-state index in [0.717, 1.165) is 22.3 Å². The molecule has 0 bridgehead atoms. The molecule has 0 fully saturated rings. The SMILES string of the molecule is CCC(C(=O)O)N(C)C(=O)C(C)(C)CNC(=O)OCC1c2ccccc2-c2ccccc21. The minimum atomic E-state index is -1.05. The van der Waals surface area contributed by atoms with Crippen LogP contribution in [0, 0.1) is 5.41 Å². The van der Waals surface area contributed by atoms with Gasteiger partial charge in [-0.3, -0.25) is 4.79 Å². The van der Waals surface area contributed by atoms with Crippen LogP contribution in [0.1, 0.15) is 44.2 Å². The van der Waals surface area contributed by atoms with Gasteiger partial charge in [0.15, 0.2) is 0 Å². The molecule has 1 aliphatic carbocycles. The number of benzene rings is 2. The highest BCUT2D eigenvalue weighted by atomic mass is 16.5. The largest absolute Gasteiger partial charge is 0.480 e. The molecule has 7 nitrogen and oxygen atoms in total. The number of hydrogen-bond acceptors (Lipinski definition) is 4. The Morgan fingerprint density at radius 1 is 1.06 bits per heavy atom. The molecular weight excluding hydrogens is 408 g/mol. The zero-order valence-electron chi connectivity index (χ0n) is 18.9. The molecule has 170 valence electrons. The lowest BCUT2D eigenvalue weighted by Gasteiger charge is -2.32. The van der Waals surface area contributed by atoms with Crippen LogP contribution in [0.5, 0.6) is 0 Å². The van der Waals surface area contributed by atoms with Crippen molar-refractivity contribution in [2.75, 3.05) is 20.2 Å². The first kappa shape index (κ1) is 23.3. The summed E-state index contributed by atoms with van der Waals surface area (Å²) in [7, 11) is 1.47. The quantitative estimate of drug-likeness (QED) is 0.652. The second-order valence-electron chi connectivity index (χ2n) is 8.74. The molecule has 2 aromatic rings. The molecule has 1 aliphatic rings. The third-order valence-corrected chi connectivity index (χ3v) is 6.06. The van der Waals surface area contributed by atoms with Gasteiger partial charge in [-0.15, -0.1) is 0 Å². The van der Waals surface area contributed by atoms with Crippen molar-refractivity contribution < 1.29 is 24.2 Å². The molecule has 0 aromatic heterocycles. The maximum absolute atomic E-state index is 12.8. The number of amides is 2. The van der Waals surface area contributed by atoms with Crippen LogP contribution in [-0.4, -0.2) is 54.2 Å². The van der Waals surface area contributed by atoms with E-state index in [-0.39, 0.29) is 25.0 Å². The van der Waals surface area contributed by atoms with Crippen molar-refractivity contribution >= 4 is 18.0 Å². The highest BCUT2D eigenvalue weighted by Crippen LogP contribution is 2.44. The molecule has 1 unspecified atom stereocenters. The van der Waals surface area contributed by atoms with E-state index in [1.165, 1.54) is 11.9 Å². The second-order valence-corrected chi connectivity index (χ2v) is 8.74. The van der Waals surface area contributed by atoms with Crippen molar-refractivity contribution in [3.8, 4) is 11.1 Å². The fraction of sp³-hybridized carbons (Fsp3) is 0.400. The van der Waals surface area contributed by atoms with Crippen LogP contribution in [0.25, 0.3) is 11.1 Å². The monoisotopic (exact) mass is 438 g/mol. The summed E-state index contributed by atoms with van der Waals surface area (Å²) < 4.78 is 5.51. The molecule has 0 aliphatic heterocycles. The number of nitrogens with zero attached hydrogens (tertiary/aromatic N) is 1. The van der Waals surface area contributed by atoms with Gasteiger partial charge in [-0.2, -0.15) is 0 Å². The van der Waals surface area contributed by atoms with E-state index < -0.39 is 23.5 Å². The third kappa shape index (κ3) is 4.61. The van der Waals surface area contributed by atoms with Gasteiger partial charge in [0.05, 0.1) is 5.41 Å². The first-order chi connectivity index (χ1) is 15.2. The summed E-state index contributed by atoms with van der Waals surface area (Å²) in [6.07, 6.45) is -0.311. The van der Waals surface area contributed by atoms with Crippen LogP contribution in [0.4, 0.5) is 4.79 Å². The van der Waals surface area contributed by atoms with E-state index in [1.54, 1.807) is 20.8 Å². The summed E-state index contributed by atoms with van der Waals surface area (Å²) >= 11 is 0. The molecule has 0 heterocycles. The predicted octanol–water partition coefficient (Wildman–Crippen LogP) is 3.87. The molecular formula is C25H30N2O5. The highest BCUT2D eigenvalue weighted by Gasteiger charge is 2.36. The lowest BCUT2D eigenvalue weighted by molar-refractivity contribution is -0.153. The third-order valence-electron chi connectivity index (χ3n) is 6.06. The van der Waals surface area contributed by atoms with E-state index in [0.29, 0.717) is 6.42 Å². The van der Waals surface area contributed by atoms with Crippen LogP contribution in [0.15, 0.2) is 48.5 Å². The summed E-state index contributed by atoms with van der Waals surface area (Å²) in [5.41, 5.74) is 3.56. The van der Waals surface area contributed by atoms with Gasteiger partial charge >= 0.3 is 12.1 Å². The van der Waals surface area contributed by atoms with Gasteiger partial charge in [-0.1, -0.05) is 55.5 Å². The number of alkyl carbamates (subject to hydrolysis) is 1. The number of carboxylic acids is 1. The Bertz CT molecular complexity index is 971. The van der Waals surface area contributed by atoms with Crippen molar-refractivity contribution in [2.24, 2.45) is 5.41 Å². The van der Waals surface area contributed by atoms with Gasteiger partial charge < -0.3 is 20.1 Å². The van der Waals surface area contributed by atoms with E-state index in [4.69, 9.17) is 4.74 Å². The van der Waals surface area contributed by atoms with Gasteiger partial charge in [0.25, 0.3) is 0 Å². The molecule has 0 radical (unpaired) electrons. The van der Waals surface area contributed by atoms with Crippen molar-refractivity contribution in [3.05, 3.63) is 59.7 Å². The van der Waals surface area contributed by atoms with Gasteiger partial charge in [-0.25, -0.2) is 9.59 Å². The van der Waals surface area contributed by atoms with Crippen molar-refractivity contribution in [1.29, 1.82) is 0 Å². The summed E-state index contributed by atoms with van der Waals surface area (Å²) in [5, 5.41) is 12.0. The number of carbonyl (C=O) groups excluding carboxylic acids is 2.